The summed E-state index contributed by atoms with van der Waals surface area (Å²) in [6, 6.07) is 24.4. The van der Waals surface area contributed by atoms with Gasteiger partial charge in [-0.2, -0.15) is 0 Å². The number of aryl methyl sites for hydroxylation is 1. The van der Waals surface area contributed by atoms with Crippen molar-refractivity contribution in [2.24, 2.45) is 0 Å². The van der Waals surface area contributed by atoms with Gasteiger partial charge < -0.3 is 26.6 Å². The largest absolute Gasteiger partial charge is 0.352 e. The smallest absolute Gasteiger partial charge is 0.220 e. The Morgan fingerprint density at radius 1 is 0.767 bits per heavy atom. The normalized spacial score (nSPS) is 18.9. The van der Waals surface area contributed by atoms with Gasteiger partial charge >= 0.3 is 0 Å². The van der Waals surface area contributed by atoms with Crippen LogP contribution in [0, 0.1) is 0 Å². The summed E-state index contributed by atoms with van der Waals surface area (Å²) in [7, 11) is 0. The van der Waals surface area contributed by atoms with Crippen LogP contribution in [0.1, 0.15) is 61.3 Å². The standard InChI is InChI=1S/C36H44N6O/c1-24-32-21-26(22-33(42-32)25(2)40-20-18-38-16-15-37-17-19-39-24)23-41-34(43)8-4-5-27-9-10-30-12-11-28-6-3-7-29-13-14-31(27)36(30)35(28)29/h3,6-7,9-14,21-22,24-25,37-40H,4-5,8,15-20,23H2,1-2H3,(H,41,43). The van der Waals surface area contributed by atoms with Gasteiger partial charge in [0.15, 0.2) is 0 Å². The van der Waals surface area contributed by atoms with E-state index < -0.39 is 0 Å². The molecule has 4 aromatic carbocycles. The molecule has 2 heterocycles. The molecule has 7 nitrogen and oxygen atoms in total. The van der Waals surface area contributed by atoms with E-state index in [0.717, 1.165) is 69.1 Å². The zero-order valence-electron chi connectivity index (χ0n) is 25.4. The third kappa shape index (κ3) is 6.97. The first kappa shape index (κ1) is 29.5. The molecule has 0 radical (unpaired) electrons. The van der Waals surface area contributed by atoms with Crippen LogP contribution in [-0.2, 0) is 17.8 Å². The number of carbonyl (C=O) groups is 1. The molecular formula is C36H44N6O. The average Bonchev–Trinajstić information content (AvgIpc) is 3.03. The van der Waals surface area contributed by atoms with E-state index in [1.54, 1.807) is 0 Å². The molecular weight excluding hydrogens is 532 g/mol. The molecule has 6 rings (SSSR count). The van der Waals surface area contributed by atoms with Gasteiger partial charge in [-0.25, -0.2) is 0 Å². The van der Waals surface area contributed by atoms with E-state index in [1.807, 2.05) is 0 Å². The molecule has 224 valence electrons. The van der Waals surface area contributed by atoms with Crippen molar-refractivity contribution in [2.75, 3.05) is 39.3 Å². The summed E-state index contributed by atoms with van der Waals surface area (Å²) in [5.74, 6) is 0.0884. The van der Waals surface area contributed by atoms with Gasteiger partial charge in [-0.05, 0) is 82.3 Å². The number of fused-ring (bicyclic) bond motifs is 2. The summed E-state index contributed by atoms with van der Waals surface area (Å²) in [5, 5.41) is 25.1. The van der Waals surface area contributed by atoms with Crippen LogP contribution in [0.3, 0.4) is 0 Å². The van der Waals surface area contributed by atoms with Gasteiger partial charge in [0.05, 0.1) is 11.4 Å². The Morgan fingerprint density at radius 3 is 2.02 bits per heavy atom. The molecule has 0 aliphatic carbocycles. The summed E-state index contributed by atoms with van der Waals surface area (Å²) in [5.41, 5.74) is 4.42. The molecule has 2 unspecified atom stereocenters. The van der Waals surface area contributed by atoms with Crippen molar-refractivity contribution in [3.05, 3.63) is 89.2 Å². The Hall–Kier alpha value is -3.62. The zero-order valence-corrected chi connectivity index (χ0v) is 25.4. The lowest BCUT2D eigenvalue weighted by atomic mass is 9.90. The highest BCUT2D eigenvalue weighted by molar-refractivity contribution is 6.23. The van der Waals surface area contributed by atoms with Crippen LogP contribution < -0.4 is 26.6 Å². The minimum absolute atomic E-state index is 0.0884. The Kier molecular flexibility index (Phi) is 9.44. The van der Waals surface area contributed by atoms with Crippen LogP contribution in [0.2, 0.25) is 0 Å². The minimum atomic E-state index is 0.0884. The van der Waals surface area contributed by atoms with Crippen LogP contribution in [0.25, 0.3) is 32.3 Å². The SMILES string of the molecule is CC1NCCNCCNCCNC(C)c2cc(CNC(=O)CCCc3ccc4ccc5cccc6ccc3c4c56)cc1n2. The third-order valence-electron chi connectivity index (χ3n) is 8.75. The third-order valence-corrected chi connectivity index (χ3v) is 8.75. The number of carbonyl (C=O) groups excluding carboxylic acids is 1. The van der Waals surface area contributed by atoms with Gasteiger partial charge in [0.2, 0.25) is 5.91 Å². The number of aromatic nitrogens is 1. The fourth-order valence-corrected chi connectivity index (χ4v) is 6.31. The molecule has 0 saturated carbocycles. The Labute approximate surface area is 254 Å². The summed E-state index contributed by atoms with van der Waals surface area (Å²) >= 11 is 0. The second kappa shape index (κ2) is 13.8. The fourth-order valence-electron chi connectivity index (χ4n) is 6.31. The predicted octanol–water partition coefficient (Wildman–Crippen LogP) is 5.11. The van der Waals surface area contributed by atoms with Crippen LogP contribution in [0.4, 0.5) is 0 Å². The van der Waals surface area contributed by atoms with Crippen molar-refractivity contribution in [2.45, 2.75) is 51.7 Å². The summed E-state index contributed by atoms with van der Waals surface area (Å²) in [6.45, 7) is 10.3. The summed E-state index contributed by atoms with van der Waals surface area (Å²) in [4.78, 5) is 18.0. The molecule has 1 aliphatic rings. The molecule has 1 aromatic heterocycles. The maximum Gasteiger partial charge on any atom is 0.220 e. The lowest BCUT2D eigenvalue weighted by Gasteiger charge is -2.19. The first-order valence-electron chi connectivity index (χ1n) is 15.9. The van der Waals surface area contributed by atoms with E-state index in [4.69, 9.17) is 4.98 Å². The van der Waals surface area contributed by atoms with Gasteiger partial charge in [-0.15, -0.1) is 0 Å². The Bertz CT molecular complexity index is 1630. The Morgan fingerprint density at radius 2 is 1.35 bits per heavy atom. The molecule has 1 aliphatic heterocycles. The molecule has 7 heteroatoms. The molecule has 2 atom stereocenters. The first-order valence-corrected chi connectivity index (χ1v) is 15.9. The zero-order chi connectivity index (χ0) is 29.6. The van der Waals surface area contributed by atoms with Gasteiger partial charge in [0, 0.05) is 64.3 Å². The molecule has 5 aromatic rings. The number of pyridine rings is 1. The number of nitrogens with zero attached hydrogens (tertiary/aromatic N) is 1. The molecule has 5 N–H and O–H groups in total. The molecule has 43 heavy (non-hydrogen) atoms. The van der Waals surface area contributed by atoms with E-state index in [2.05, 4.69) is 107 Å². The molecule has 0 saturated heterocycles. The van der Waals surface area contributed by atoms with Crippen molar-refractivity contribution in [3.63, 3.8) is 0 Å². The number of benzene rings is 4. The molecule has 0 spiro atoms. The number of hydrogen-bond donors (Lipinski definition) is 5. The predicted molar refractivity (Wildman–Crippen MR) is 178 cm³/mol. The highest BCUT2D eigenvalue weighted by Gasteiger charge is 2.15. The summed E-state index contributed by atoms with van der Waals surface area (Å²) < 4.78 is 0. The van der Waals surface area contributed by atoms with Crippen molar-refractivity contribution in [3.8, 4) is 0 Å². The van der Waals surface area contributed by atoms with Crippen LogP contribution in [-0.4, -0.2) is 50.2 Å². The topological polar surface area (TPSA) is 90.1 Å². The van der Waals surface area contributed by atoms with Gasteiger partial charge in [0.25, 0.3) is 0 Å². The first-order chi connectivity index (χ1) is 21.1. The fraction of sp³-hybridized carbons (Fsp3) is 0.389. The van der Waals surface area contributed by atoms with Gasteiger partial charge in [-0.1, -0.05) is 54.6 Å². The van der Waals surface area contributed by atoms with E-state index in [0.29, 0.717) is 13.0 Å². The van der Waals surface area contributed by atoms with Crippen molar-refractivity contribution >= 4 is 38.2 Å². The minimum Gasteiger partial charge on any atom is -0.352 e. The lowest BCUT2D eigenvalue weighted by molar-refractivity contribution is -0.121. The van der Waals surface area contributed by atoms with E-state index >= 15 is 0 Å². The van der Waals surface area contributed by atoms with Crippen LogP contribution in [0.15, 0.2) is 66.7 Å². The number of amides is 1. The maximum absolute atomic E-state index is 13.0. The average molecular weight is 577 g/mol. The van der Waals surface area contributed by atoms with Crippen molar-refractivity contribution in [1.82, 2.24) is 31.6 Å². The highest BCUT2D eigenvalue weighted by Crippen LogP contribution is 2.36. The maximum atomic E-state index is 13.0. The Balaban J connectivity index is 1.10. The second-order valence-corrected chi connectivity index (χ2v) is 11.9. The van der Waals surface area contributed by atoms with E-state index in [9.17, 15) is 4.79 Å². The van der Waals surface area contributed by atoms with E-state index in [-0.39, 0.29) is 18.0 Å². The molecule has 1 amide bonds. The summed E-state index contributed by atoms with van der Waals surface area (Å²) in [6.07, 6.45) is 2.19. The van der Waals surface area contributed by atoms with Crippen molar-refractivity contribution in [1.29, 1.82) is 0 Å². The van der Waals surface area contributed by atoms with Crippen LogP contribution in [0.5, 0.6) is 0 Å². The van der Waals surface area contributed by atoms with Crippen molar-refractivity contribution < 1.29 is 4.79 Å². The number of rotatable bonds is 6. The molecule has 0 fully saturated rings. The number of hydrogen-bond acceptors (Lipinski definition) is 6. The lowest BCUT2D eigenvalue weighted by Crippen LogP contribution is -2.35. The monoisotopic (exact) mass is 576 g/mol. The quantitative estimate of drug-likeness (QED) is 0.181. The van der Waals surface area contributed by atoms with Crippen LogP contribution >= 0.6 is 0 Å². The van der Waals surface area contributed by atoms with E-state index in [1.165, 1.54) is 37.9 Å². The number of nitrogens with one attached hydrogen (secondary N) is 5. The molecule has 2 bridgehead atoms. The second-order valence-electron chi connectivity index (χ2n) is 11.9. The van der Waals surface area contributed by atoms with Gasteiger partial charge in [-0.3, -0.25) is 9.78 Å². The van der Waals surface area contributed by atoms with Gasteiger partial charge in [0.1, 0.15) is 0 Å². The highest BCUT2D eigenvalue weighted by atomic mass is 16.1.